The Morgan fingerprint density at radius 3 is 3.00 bits per heavy atom. The van der Waals surface area contributed by atoms with Crippen molar-refractivity contribution in [3.8, 4) is 0 Å². The second-order valence-electron chi connectivity index (χ2n) is 2.50. The molecular weight excluding hydrogens is 140 g/mol. The van der Waals surface area contributed by atoms with Gasteiger partial charge in [-0.05, 0) is 13.8 Å². The van der Waals surface area contributed by atoms with Crippen molar-refractivity contribution in [1.82, 2.24) is 20.2 Å². The second kappa shape index (κ2) is 2.02. The number of aryl methyl sites for hydroxylation is 2. The van der Waals surface area contributed by atoms with Crippen LogP contribution < -0.4 is 0 Å². The molecule has 0 fully saturated rings. The highest BCUT2D eigenvalue weighted by Gasteiger charge is 2.01. The molecule has 0 spiro atoms. The van der Waals surface area contributed by atoms with E-state index in [-0.39, 0.29) is 0 Å². The fourth-order valence-electron chi connectivity index (χ4n) is 1.02. The highest BCUT2D eigenvalue weighted by atomic mass is 15.1. The molecule has 0 aliphatic carbocycles. The molecule has 2 aromatic rings. The predicted octanol–water partition coefficient (Wildman–Crippen LogP) is 0.970. The number of H-pyrrole nitrogens is 1. The Hall–Kier alpha value is -1.45. The molecule has 1 N–H and O–H groups in total. The predicted molar refractivity (Wildman–Crippen MR) is 41.2 cm³/mol. The van der Waals surface area contributed by atoms with Crippen LogP contribution in [0, 0.1) is 13.8 Å². The zero-order chi connectivity index (χ0) is 7.84. The van der Waals surface area contributed by atoms with Gasteiger partial charge in [0.05, 0.1) is 11.9 Å². The summed E-state index contributed by atoms with van der Waals surface area (Å²) in [6.07, 6.45) is 1.72. The van der Waals surface area contributed by atoms with Gasteiger partial charge in [-0.2, -0.15) is 5.10 Å². The summed E-state index contributed by atoms with van der Waals surface area (Å²) in [5, 5.41) is 6.86. The van der Waals surface area contributed by atoms with E-state index in [1.54, 1.807) is 6.20 Å². The van der Waals surface area contributed by atoms with Crippen molar-refractivity contribution >= 4 is 11.0 Å². The summed E-state index contributed by atoms with van der Waals surface area (Å²) in [6, 6.07) is 0. The fraction of sp³-hybridized carbons (Fsp3) is 0.286. The van der Waals surface area contributed by atoms with E-state index in [0.29, 0.717) is 0 Å². The van der Waals surface area contributed by atoms with Crippen LogP contribution in [0.1, 0.15) is 11.5 Å². The lowest BCUT2D eigenvalue weighted by Gasteiger charge is -1.89. The minimum absolute atomic E-state index is 0.780. The van der Waals surface area contributed by atoms with E-state index in [4.69, 9.17) is 0 Å². The minimum Gasteiger partial charge on any atom is -0.280 e. The first-order valence-corrected chi connectivity index (χ1v) is 3.41. The number of aromatic nitrogens is 4. The molecule has 2 rings (SSSR count). The highest BCUT2D eigenvalue weighted by Crippen LogP contribution is 2.09. The maximum atomic E-state index is 4.23. The lowest BCUT2D eigenvalue weighted by atomic mass is 10.4. The second-order valence-corrected chi connectivity index (χ2v) is 2.50. The Labute approximate surface area is 63.7 Å². The van der Waals surface area contributed by atoms with Gasteiger partial charge < -0.3 is 0 Å². The SMILES string of the molecule is Cc1ncc2n[nH]c(C)c2n1. The number of hydrogen-bond donors (Lipinski definition) is 1. The van der Waals surface area contributed by atoms with Crippen LogP contribution >= 0.6 is 0 Å². The van der Waals surface area contributed by atoms with Crippen LogP contribution in [0.5, 0.6) is 0 Å². The van der Waals surface area contributed by atoms with Crippen LogP contribution in [0.15, 0.2) is 6.20 Å². The van der Waals surface area contributed by atoms with Gasteiger partial charge >= 0.3 is 0 Å². The molecule has 0 bridgehead atoms. The third-order valence-electron chi connectivity index (χ3n) is 1.59. The summed E-state index contributed by atoms with van der Waals surface area (Å²) < 4.78 is 0. The van der Waals surface area contributed by atoms with E-state index in [1.807, 2.05) is 13.8 Å². The molecule has 0 radical (unpaired) electrons. The number of fused-ring (bicyclic) bond motifs is 1. The minimum atomic E-state index is 0.780. The van der Waals surface area contributed by atoms with E-state index in [0.717, 1.165) is 22.6 Å². The quantitative estimate of drug-likeness (QED) is 0.605. The highest BCUT2D eigenvalue weighted by molar-refractivity contribution is 5.75. The Morgan fingerprint density at radius 2 is 2.18 bits per heavy atom. The number of hydrogen-bond acceptors (Lipinski definition) is 3. The van der Waals surface area contributed by atoms with Crippen LogP contribution in [-0.2, 0) is 0 Å². The van der Waals surface area contributed by atoms with Crippen LogP contribution in [0.3, 0.4) is 0 Å². The summed E-state index contributed by atoms with van der Waals surface area (Å²) in [5.74, 6) is 0.780. The Morgan fingerprint density at radius 1 is 1.36 bits per heavy atom. The molecule has 4 nitrogen and oxygen atoms in total. The van der Waals surface area contributed by atoms with E-state index >= 15 is 0 Å². The van der Waals surface area contributed by atoms with E-state index in [9.17, 15) is 0 Å². The molecule has 0 aliphatic rings. The molecule has 0 aliphatic heterocycles. The first kappa shape index (κ1) is 6.27. The van der Waals surface area contributed by atoms with Gasteiger partial charge in [-0.15, -0.1) is 0 Å². The fourth-order valence-corrected chi connectivity index (χ4v) is 1.02. The normalized spacial score (nSPS) is 10.7. The standard InChI is InChI=1S/C7H8N4/c1-4-7-6(11-10-4)3-8-5(2)9-7/h3H,1-2H3,(H,10,11). The van der Waals surface area contributed by atoms with Gasteiger partial charge in [0.1, 0.15) is 16.9 Å². The van der Waals surface area contributed by atoms with Crippen molar-refractivity contribution in [2.45, 2.75) is 13.8 Å². The number of rotatable bonds is 0. The van der Waals surface area contributed by atoms with Gasteiger partial charge in [0.2, 0.25) is 0 Å². The Balaban J connectivity index is 2.87. The van der Waals surface area contributed by atoms with Gasteiger partial charge in [0.25, 0.3) is 0 Å². The summed E-state index contributed by atoms with van der Waals surface area (Å²) >= 11 is 0. The van der Waals surface area contributed by atoms with Crippen molar-refractivity contribution in [1.29, 1.82) is 0 Å². The van der Waals surface area contributed by atoms with Crippen LogP contribution in [-0.4, -0.2) is 20.2 Å². The molecule has 0 atom stereocenters. The van der Waals surface area contributed by atoms with Crippen molar-refractivity contribution in [3.05, 3.63) is 17.7 Å². The maximum Gasteiger partial charge on any atom is 0.129 e. The molecule has 11 heavy (non-hydrogen) atoms. The van der Waals surface area contributed by atoms with Crippen LogP contribution in [0.2, 0.25) is 0 Å². The summed E-state index contributed by atoms with van der Waals surface area (Å²) in [4.78, 5) is 8.26. The van der Waals surface area contributed by atoms with E-state index in [2.05, 4.69) is 20.2 Å². The molecule has 0 aromatic carbocycles. The van der Waals surface area contributed by atoms with Gasteiger partial charge in [-0.25, -0.2) is 9.97 Å². The number of nitrogens with one attached hydrogen (secondary N) is 1. The Bertz CT molecular complexity index is 390. The molecule has 4 heteroatoms. The molecule has 2 aromatic heterocycles. The summed E-state index contributed by atoms with van der Waals surface area (Å²) in [5.41, 5.74) is 2.73. The molecule has 0 saturated carbocycles. The third-order valence-corrected chi connectivity index (χ3v) is 1.59. The topological polar surface area (TPSA) is 54.5 Å². The molecule has 56 valence electrons. The maximum absolute atomic E-state index is 4.23. The number of aromatic amines is 1. The van der Waals surface area contributed by atoms with Gasteiger partial charge in [0, 0.05) is 0 Å². The molecule has 0 saturated heterocycles. The van der Waals surface area contributed by atoms with Crippen molar-refractivity contribution in [2.75, 3.05) is 0 Å². The largest absolute Gasteiger partial charge is 0.280 e. The third kappa shape index (κ3) is 0.869. The average Bonchev–Trinajstić information content (AvgIpc) is 2.33. The van der Waals surface area contributed by atoms with Crippen molar-refractivity contribution < 1.29 is 0 Å². The van der Waals surface area contributed by atoms with Gasteiger partial charge in [-0.1, -0.05) is 0 Å². The lowest BCUT2D eigenvalue weighted by Crippen LogP contribution is -1.86. The van der Waals surface area contributed by atoms with Crippen LogP contribution in [0.4, 0.5) is 0 Å². The molecule has 2 heterocycles. The zero-order valence-corrected chi connectivity index (χ0v) is 6.42. The average molecular weight is 148 g/mol. The number of nitrogens with zero attached hydrogens (tertiary/aromatic N) is 3. The molecule has 0 unspecified atom stereocenters. The molecular formula is C7H8N4. The van der Waals surface area contributed by atoms with Gasteiger partial charge in [0.15, 0.2) is 0 Å². The first-order chi connectivity index (χ1) is 5.27. The van der Waals surface area contributed by atoms with Crippen LogP contribution in [0.25, 0.3) is 11.0 Å². The first-order valence-electron chi connectivity index (χ1n) is 3.41. The summed E-state index contributed by atoms with van der Waals surface area (Å²) in [6.45, 7) is 3.81. The zero-order valence-electron chi connectivity index (χ0n) is 6.42. The van der Waals surface area contributed by atoms with Crippen molar-refractivity contribution in [3.63, 3.8) is 0 Å². The Kier molecular flexibility index (Phi) is 1.15. The molecule has 0 amide bonds. The van der Waals surface area contributed by atoms with Gasteiger partial charge in [-0.3, -0.25) is 5.10 Å². The van der Waals surface area contributed by atoms with E-state index < -0.39 is 0 Å². The summed E-state index contributed by atoms with van der Waals surface area (Å²) in [7, 11) is 0. The smallest absolute Gasteiger partial charge is 0.129 e. The lowest BCUT2D eigenvalue weighted by molar-refractivity contribution is 1.07. The monoisotopic (exact) mass is 148 g/mol. The van der Waals surface area contributed by atoms with Crippen molar-refractivity contribution in [2.24, 2.45) is 0 Å². The van der Waals surface area contributed by atoms with E-state index in [1.165, 1.54) is 0 Å².